The van der Waals surface area contributed by atoms with Gasteiger partial charge in [0.15, 0.2) is 23.4 Å². The highest BCUT2D eigenvalue weighted by molar-refractivity contribution is 9.09. The van der Waals surface area contributed by atoms with Crippen LogP contribution >= 0.6 is 39.1 Å². The van der Waals surface area contributed by atoms with E-state index in [1.165, 1.54) is 0 Å². The molecule has 0 spiro atoms. The van der Waals surface area contributed by atoms with Crippen LogP contribution in [0.25, 0.3) is 21.9 Å². The number of alkyl halides is 1. The molecule has 8 rings (SSSR count). The number of likely N-dealkylation sites (tertiary alicyclic amines) is 2. The number of aromatic nitrogens is 2. The van der Waals surface area contributed by atoms with Gasteiger partial charge in [0.05, 0.1) is 21.4 Å². The van der Waals surface area contributed by atoms with Crippen molar-refractivity contribution in [3.8, 4) is 11.5 Å². The summed E-state index contributed by atoms with van der Waals surface area (Å²) in [5, 5.41) is 20.6. The van der Waals surface area contributed by atoms with Crippen LogP contribution in [0.15, 0.2) is 81.8 Å². The molecule has 17 heteroatoms. The van der Waals surface area contributed by atoms with E-state index in [9.17, 15) is 24.3 Å². The molecule has 4 aromatic carbocycles. The number of ether oxygens (including phenoxy) is 3. The van der Waals surface area contributed by atoms with Crippen molar-refractivity contribution in [1.29, 1.82) is 0 Å². The zero-order valence-electron chi connectivity index (χ0n) is 41.2. The van der Waals surface area contributed by atoms with Crippen molar-refractivity contribution in [3.05, 3.63) is 116 Å². The minimum Gasteiger partial charge on any atom is -0.506 e. The molecule has 2 unspecified atom stereocenters. The van der Waals surface area contributed by atoms with E-state index in [0.717, 1.165) is 103 Å². The average molecular weight is 1080 g/mol. The van der Waals surface area contributed by atoms with Gasteiger partial charge in [0.25, 0.3) is 11.8 Å². The molecule has 71 heavy (non-hydrogen) atoms. The number of nitrogens with zero attached hydrogens (tertiary/aromatic N) is 4. The summed E-state index contributed by atoms with van der Waals surface area (Å²) in [6, 6.07) is 21.8. The maximum Gasteiger partial charge on any atom is 0.352 e. The Morgan fingerprint density at radius 3 is 1.58 bits per heavy atom. The van der Waals surface area contributed by atoms with Crippen molar-refractivity contribution < 1.29 is 47.5 Å². The SMILES string of the molecule is CCCc1c(O)c(Cl)cc2c(CC)noc12.CCCc1c(OC(C(=O)O[C@H](C)C(=O)N2CCCC2)c2ccccc2)c(Cl)cc2c(CC)noc12.C[C@@H](OC(=O)C(Br)c1ccccc1)C(=O)N1CCCC1. The van der Waals surface area contributed by atoms with Gasteiger partial charge in [-0.1, -0.05) is 151 Å². The predicted molar refractivity (Wildman–Crippen MR) is 277 cm³/mol. The highest BCUT2D eigenvalue weighted by Gasteiger charge is 2.33. The number of esters is 2. The fourth-order valence-corrected chi connectivity index (χ4v) is 9.50. The molecular weight excluding hydrogens is 1020 g/mol. The third-order valence-electron chi connectivity index (χ3n) is 12.3. The van der Waals surface area contributed by atoms with Gasteiger partial charge in [0, 0.05) is 53.6 Å². The standard InChI is InChI=1S/C27H31ClN2O5.C15H18BrNO3.C12H14ClNO2/c1-4-11-19-24-20(22(5-2)29-35-24)16-21(28)25(19)34-23(18-12-7-6-8-13-18)27(32)33-17(3)26(31)30-14-9-10-15-30;1-11(14(18)17-9-5-6-10-17)20-15(19)13(16)12-7-3-2-4-8-12;1-3-5-7-11(15)9(13)6-8-10(4-2)14-16-12(7)8/h6-8,12-13,16-17,23H,4-5,9-11,14-15H2,1-3H3;2-4,7-8,11,13H,5-6,9-10H2,1H3;6,15H,3-5H2,1-2H3/t17-,23?;11-,13?;/m11./s1. The quantitative estimate of drug-likeness (QED) is 0.0718. The summed E-state index contributed by atoms with van der Waals surface area (Å²) < 4.78 is 28.2. The van der Waals surface area contributed by atoms with Gasteiger partial charge in [-0.15, -0.1) is 0 Å². The molecule has 0 radical (unpaired) electrons. The van der Waals surface area contributed by atoms with Gasteiger partial charge < -0.3 is 38.2 Å². The molecule has 2 fully saturated rings. The number of halogens is 3. The van der Waals surface area contributed by atoms with Gasteiger partial charge in [-0.25, -0.2) is 4.79 Å². The van der Waals surface area contributed by atoms with Crippen LogP contribution in [-0.2, 0) is 54.3 Å². The minimum absolute atomic E-state index is 0.108. The van der Waals surface area contributed by atoms with E-state index >= 15 is 0 Å². The van der Waals surface area contributed by atoms with Crippen LogP contribution in [0.1, 0.15) is 125 Å². The highest BCUT2D eigenvalue weighted by Crippen LogP contribution is 2.41. The van der Waals surface area contributed by atoms with E-state index in [1.54, 1.807) is 47.9 Å². The number of hydrogen-bond donors (Lipinski definition) is 1. The van der Waals surface area contributed by atoms with Crippen molar-refractivity contribution in [2.45, 2.75) is 129 Å². The molecule has 2 aliphatic heterocycles. The van der Waals surface area contributed by atoms with Crippen LogP contribution in [0.3, 0.4) is 0 Å². The molecule has 14 nitrogen and oxygen atoms in total. The number of hydrogen-bond acceptors (Lipinski definition) is 12. The summed E-state index contributed by atoms with van der Waals surface area (Å²) in [7, 11) is 0. The van der Waals surface area contributed by atoms with E-state index in [2.05, 4.69) is 26.2 Å². The Kier molecular flexibility index (Phi) is 20.2. The van der Waals surface area contributed by atoms with Crippen LogP contribution in [0.5, 0.6) is 11.5 Å². The molecule has 2 saturated heterocycles. The van der Waals surface area contributed by atoms with Gasteiger partial charge in [0.2, 0.25) is 6.10 Å². The van der Waals surface area contributed by atoms with Gasteiger partial charge in [0.1, 0.15) is 16.3 Å². The van der Waals surface area contributed by atoms with Crippen molar-refractivity contribution in [2.24, 2.45) is 0 Å². The maximum atomic E-state index is 13.4. The third-order valence-corrected chi connectivity index (χ3v) is 13.8. The first-order chi connectivity index (χ1) is 34.2. The van der Waals surface area contributed by atoms with E-state index in [0.29, 0.717) is 58.5 Å². The summed E-state index contributed by atoms with van der Waals surface area (Å²) in [6.45, 7) is 14.2. The van der Waals surface area contributed by atoms with Crippen molar-refractivity contribution >= 4 is 84.8 Å². The summed E-state index contributed by atoms with van der Waals surface area (Å²) >= 11 is 16.0. The lowest BCUT2D eigenvalue weighted by molar-refractivity contribution is -0.164. The fraction of sp³-hybridized carbons (Fsp3) is 0.444. The third kappa shape index (κ3) is 13.5. The second-order valence-electron chi connectivity index (χ2n) is 17.5. The van der Waals surface area contributed by atoms with Gasteiger partial charge >= 0.3 is 11.9 Å². The maximum absolute atomic E-state index is 13.4. The van der Waals surface area contributed by atoms with E-state index < -0.39 is 35.1 Å². The first-order valence-corrected chi connectivity index (χ1v) is 26.2. The second-order valence-corrected chi connectivity index (χ2v) is 19.2. The molecule has 380 valence electrons. The zero-order valence-corrected chi connectivity index (χ0v) is 44.3. The molecule has 2 aromatic heterocycles. The summed E-state index contributed by atoms with van der Waals surface area (Å²) in [5.74, 6) is -0.900. The Morgan fingerprint density at radius 2 is 1.10 bits per heavy atom. The Bertz CT molecular complexity index is 2740. The molecule has 1 N–H and O–H groups in total. The number of phenolic OH excluding ortho intramolecular Hbond substituents is 1. The van der Waals surface area contributed by atoms with Gasteiger partial charge in [-0.05, 0) is 82.9 Å². The molecule has 4 atom stereocenters. The predicted octanol–water partition coefficient (Wildman–Crippen LogP) is 12.0. The Balaban J connectivity index is 0.000000193. The lowest BCUT2D eigenvalue weighted by Crippen LogP contribution is -2.39. The van der Waals surface area contributed by atoms with Gasteiger partial charge in [-0.3, -0.25) is 14.4 Å². The largest absolute Gasteiger partial charge is 0.506 e. The summed E-state index contributed by atoms with van der Waals surface area (Å²) in [4.78, 5) is 53.2. The molecule has 6 aromatic rings. The number of carbonyl (C=O) groups excluding carboxylic acids is 4. The van der Waals surface area contributed by atoms with Crippen molar-refractivity contribution in [3.63, 3.8) is 0 Å². The monoisotopic (exact) mass is 1080 g/mol. The first kappa shape index (κ1) is 54.7. The van der Waals surface area contributed by atoms with E-state index in [-0.39, 0.29) is 17.6 Å². The van der Waals surface area contributed by atoms with Gasteiger partial charge in [-0.2, -0.15) is 0 Å². The number of carbonyl (C=O) groups is 4. The van der Waals surface area contributed by atoms with E-state index in [4.69, 9.17) is 46.5 Å². The molecule has 0 bridgehead atoms. The number of fused-ring (bicyclic) bond motifs is 2. The highest BCUT2D eigenvalue weighted by atomic mass is 79.9. The van der Waals surface area contributed by atoms with Crippen molar-refractivity contribution in [2.75, 3.05) is 26.2 Å². The number of phenols is 1. The smallest absolute Gasteiger partial charge is 0.352 e. The molecule has 2 amide bonds. The fourth-order valence-electron chi connectivity index (χ4n) is 8.59. The molecule has 0 aliphatic carbocycles. The average Bonchev–Trinajstić information content (AvgIpc) is 4.24. The number of benzene rings is 4. The first-order valence-electron chi connectivity index (χ1n) is 24.5. The van der Waals surface area contributed by atoms with Crippen LogP contribution in [0, 0.1) is 0 Å². The van der Waals surface area contributed by atoms with Crippen LogP contribution < -0.4 is 4.74 Å². The number of rotatable bonds is 16. The second kappa shape index (κ2) is 26.2. The lowest BCUT2D eigenvalue weighted by atomic mass is 10.0. The Labute approximate surface area is 433 Å². The lowest BCUT2D eigenvalue weighted by Gasteiger charge is -2.24. The van der Waals surface area contributed by atoms with E-state index in [1.807, 2.05) is 76.2 Å². The van der Waals surface area contributed by atoms with Crippen molar-refractivity contribution in [1.82, 2.24) is 20.1 Å². The topological polar surface area (TPSA) is 175 Å². The zero-order chi connectivity index (χ0) is 51.2. The number of aryl methyl sites for hydroxylation is 4. The minimum atomic E-state index is -1.11. The van der Waals surface area contributed by atoms with Crippen LogP contribution in [-0.4, -0.2) is 87.4 Å². The summed E-state index contributed by atoms with van der Waals surface area (Å²) in [6.07, 6.45) is 5.83. The number of aromatic hydroxyl groups is 1. The number of amides is 2. The molecule has 4 heterocycles. The Morgan fingerprint density at radius 1 is 0.662 bits per heavy atom. The van der Waals surface area contributed by atoms with Crippen LogP contribution in [0.2, 0.25) is 10.0 Å². The van der Waals surface area contributed by atoms with Crippen LogP contribution in [0.4, 0.5) is 0 Å². The molecule has 0 saturated carbocycles. The molecular formula is C54H63BrCl2N4O10. The summed E-state index contributed by atoms with van der Waals surface area (Å²) in [5.41, 5.74) is 5.92. The normalized spacial score (nSPS) is 15.0. The molecule has 2 aliphatic rings. The Hall–Kier alpha value is -5.64.